The van der Waals surface area contributed by atoms with Crippen molar-refractivity contribution in [2.24, 2.45) is 0 Å². The lowest BCUT2D eigenvalue weighted by molar-refractivity contribution is 0.161. The minimum Gasteiger partial charge on any atom is -0.496 e. The molecule has 0 saturated heterocycles. The molecule has 0 bridgehead atoms. The fourth-order valence-corrected chi connectivity index (χ4v) is 1.67. The van der Waals surface area contributed by atoms with E-state index in [0.717, 1.165) is 30.6 Å². The van der Waals surface area contributed by atoms with Gasteiger partial charge in [0.2, 0.25) is 0 Å². The smallest absolute Gasteiger partial charge is 0.122 e. The van der Waals surface area contributed by atoms with Crippen LogP contribution in [0.4, 0.5) is 0 Å². The van der Waals surface area contributed by atoms with Crippen LogP contribution in [-0.2, 0) is 6.42 Å². The lowest BCUT2D eigenvalue weighted by Crippen LogP contribution is -2.10. The number of hydrogen-bond acceptors (Lipinski definition) is 2. The second kappa shape index (κ2) is 6.92. The van der Waals surface area contributed by atoms with Crippen molar-refractivity contribution < 1.29 is 9.84 Å². The Bertz CT molecular complexity index is 352. The summed E-state index contributed by atoms with van der Waals surface area (Å²) in [6, 6.07) is 7.76. The average Bonchev–Trinajstić information content (AvgIpc) is 2.30. The minimum atomic E-state index is -0.343. The van der Waals surface area contributed by atoms with Crippen molar-refractivity contribution in [2.45, 2.75) is 31.8 Å². The molecule has 1 aromatic rings. The number of aliphatic hydroxyl groups is 1. The maximum absolute atomic E-state index is 9.83. The number of para-hydroxylation sites is 1. The van der Waals surface area contributed by atoms with Crippen LogP contribution in [0, 0.1) is 12.3 Å². The van der Waals surface area contributed by atoms with E-state index in [1.165, 1.54) is 0 Å². The van der Waals surface area contributed by atoms with Gasteiger partial charge in [0.25, 0.3) is 0 Å². The Morgan fingerprint density at radius 1 is 1.44 bits per heavy atom. The predicted octanol–water partition coefficient (Wildman–Crippen LogP) is 2.40. The third-order valence-corrected chi connectivity index (χ3v) is 2.51. The van der Waals surface area contributed by atoms with Crippen LogP contribution in [0.2, 0.25) is 0 Å². The quantitative estimate of drug-likeness (QED) is 0.587. The van der Waals surface area contributed by atoms with Gasteiger partial charge < -0.3 is 9.84 Å². The molecule has 0 amide bonds. The first-order chi connectivity index (χ1) is 7.77. The monoisotopic (exact) mass is 218 g/mol. The number of ether oxygens (including phenoxy) is 1. The molecule has 0 fully saturated rings. The summed E-state index contributed by atoms with van der Waals surface area (Å²) in [5.74, 6) is 3.41. The van der Waals surface area contributed by atoms with E-state index in [-0.39, 0.29) is 6.10 Å². The zero-order chi connectivity index (χ0) is 11.8. The van der Waals surface area contributed by atoms with Crippen LogP contribution in [0.1, 0.15) is 24.8 Å². The molecule has 1 N–H and O–H groups in total. The molecule has 2 nitrogen and oxygen atoms in total. The van der Waals surface area contributed by atoms with Crippen LogP contribution in [0.25, 0.3) is 0 Å². The van der Waals surface area contributed by atoms with Gasteiger partial charge in [-0.1, -0.05) is 18.2 Å². The largest absolute Gasteiger partial charge is 0.496 e. The molecule has 0 radical (unpaired) electrons. The van der Waals surface area contributed by atoms with Gasteiger partial charge in [0, 0.05) is 12.8 Å². The van der Waals surface area contributed by atoms with Gasteiger partial charge in [0.15, 0.2) is 0 Å². The standard InChI is InChI=1S/C14H18O2/c1-3-4-5-9-13(15)11-12-8-6-7-10-14(12)16-2/h1,6-8,10,13,15H,4-5,9,11H2,2H3. The lowest BCUT2D eigenvalue weighted by Gasteiger charge is -2.12. The Morgan fingerprint density at radius 3 is 2.88 bits per heavy atom. The van der Waals surface area contributed by atoms with Crippen LogP contribution in [-0.4, -0.2) is 18.3 Å². The van der Waals surface area contributed by atoms with Crippen molar-refractivity contribution in [2.75, 3.05) is 7.11 Å². The molecule has 86 valence electrons. The summed E-state index contributed by atoms with van der Waals surface area (Å²) in [6.45, 7) is 0. The van der Waals surface area contributed by atoms with Gasteiger partial charge in [-0.25, -0.2) is 0 Å². The molecule has 1 aromatic carbocycles. The van der Waals surface area contributed by atoms with Crippen molar-refractivity contribution >= 4 is 0 Å². The summed E-state index contributed by atoms with van der Waals surface area (Å²) in [6.07, 6.45) is 7.77. The highest BCUT2D eigenvalue weighted by Crippen LogP contribution is 2.20. The Labute approximate surface area is 97.3 Å². The Hall–Kier alpha value is -1.46. The van der Waals surface area contributed by atoms with E-state index in [2.05, 4.69) is 5.92 Å². The maximum atomic E-state index is 9.83. The summed E-state index contributed by atoms with van der Waals surface area (Å²) in [4.78, 5) is 0. The fourth-order valence-electron chi connectivity index (χ4n) is 1.67. The number of terminal acetylenes is 1. The predicted molar refractivity (Wildman–Crippen MR) is 65.4 cm³/mol. The molecule has 16 heavy (non-hydrogen) atoms. The molecule has 0 aromatic heterocycles. The van der Waals surface area contributed by atoms with Gasteiger partial charge in [-0.05, 0) is 24.5 Å². The highest BCUT2D eigenvalue weighted by Gasteiger charge is 2.08. The highest BCUT2D eigenvalue weighted by atomic mass is 16.5. The van der Waals surface area contributed by atoms with Gasteiger partial charge in [0.05, 0.1) is 13.2 Å². The van der Waals surface area contributed by atoms with Crippen molar-refractivity contribution in [1.29, 1.82) is 0 Å². The number of methoxy groups -OCH3 is 1. The molecule has 0 aliphatic carbocycles. The van der Waals surface area contributed by atoms with E-state index in [1.54, 1.807) is 7.11 Å². The average molecular weight is 218 g/mol. The summed E-state index contributed by atoms with van der Waals surface area (Å²) >= 11 is 0. The van der Waals surface area contributed by atoms with E-state index >= 15 is 0 Å². The van der Waals surface area contributed by atoms with Crippen LogP contribution >= 0.6 is 0 Å². The first-order valence-corrected chi connectivity index (χ1v) is 5.51. The molecule has 2 heteroatoms. The number of rotatable bonds is 6. The van der Waals surface area contributed by atoms with Crippen LogP contribution < -0.4 is 4.74 Å². The molecule has 1 atom stereocenters. The van der Waals surface area contributed by atoms with Gasteiger partial charge in [-0.15, -0.1) is 12.3 Å². The van der Waals surface area contributed by atoms with E-state index in [1.807, 2.05) is 24.3 Å². The molecular weight excluding hydrogens is 200 g/mol. The molecule has 0 saturated carbocycles. The van der Waals surface area contributed by atoms with Crippen LogP contribution in [0.3, 0.4) is 0 Å². The molecule has 0 spiro atoms. The summed E-state index contributed by atoms with van der Waals surface area (Å²) in [7, 11) is 1.64. The van der Waals surface area contributed by atoms with Gasteiger partial charge in [-0.3, -0.25) is 0 Å². The third kappa shape index (κ3) is 3.96. The first kappa shape index (κ1) is 12.6. The van der Waals surface area contributed by atoms with E-state index in [9.17, 15) is 5.11 Å². The highest BCUT2D eigenvalue weighted by molar-refractivity contribution is 5.33. The Kier molecular flexibility index (Phi) is 5.45. The molecule has 0 aliphatic rings. The molecule has 0 aliphatic heterocycles. The summed E-state index contributed by atoms with van der Waals surface area (Å²) in [5.41, 5.74) is 1.04. The SMILES string of the molecule is C#CCCCC(O)Cc1ccccc1OC. The zero-order valence-electron chi connectivity index (χ0n) is 9.65. The Balaban J connectivity index is 2.49. The second-order valence-corrected chi connectivity index (χ2v) is 3.77. The van der Waals surface area contributed by atoms with Crippen molar-refractivity contribution in [1.82, 2.24) is 0 Å². The Morgan fingerprint density at radius 2 is 2.19 bits per heavy atom. The van der Waals surface area contributed by atoms with Crippen molar-refractivity contribution in [3.63, 3.8) is 0 Å². The topological polar surface area (TPSA) is 29.5 Å². The normalized spacial score (nSPS) is 11.8. The molecule has 0 heterocycles. The van der Waals surface area contributed by atoms with Crippen LogP contribution in [0.5, 0.6) is 5.75 Å². The maximum Gasteiger partial charge on any atom is 0.122 e. The number of unbranched alkanes of at least 4 members (excludes halogenated alkanes) is 1. The molecule has 1 unspecified atom stereocenters. The first-order valence-electron chi connectivity index (χ1n) is 5.51. The fraction of sp³-hybridized carbons (Fsp3) is 0.429. The van der Waals surface area contributed by atoms with Gasteiger partial charge in [-0.2, -0.15) is 0 Å². The third-order valence-electron chi connectivity index (χ3n) is 2.51. The number of aliphatic hydroxyl groups excluding tert-OH is 1. The van der Waals surface area contributed by atoms with E-state index in [0.29, 0.717) is 6.42 Å². The second-order valence-electron chi connectivity index (χ2n) is 3.77. The summed E-state index contributed by atoms with van der Waals surface area (Å²) < 4.78 is 5.23. The molecular formula is C14H18O2. The van der Waals surface area contributed by atoms with Gasteiger partial charge >= 0.3 is 0 Å². The molecule has 1 rings (SSSR count). The van der Waals surface area contributed by atoms with E-state index < -0.39 is 0 Å². The summed E-state index contributed by atoms with van der Waals surface area (Å²) in [5, 5.41) is 9.83. The van der Waals surface area contributed by atoms with Crippen molar-refractivity contribution in [3.8, 4) is 18.1 Å². The van der Waals surface area contributed by atoms with Gasteiger partial charge in [0.1, 0.15) is 5.75 Å². The van der Waals surface area contributed by atoms with Crippen molar-refractivity contribution in [3.05, 3.63) is 29.8 Å². The van der Waals surface area contributed by atoms with Crippen LogP contribution in [0.15, 0.2) is 24.3 Å². The number of benzene rings is 1. The zero-order valence-corrected chi connectivity index (χ0v) is 9.65. The van der Waals surface area contributed by atoms with E-state index in [4.69, 9.17) is 11.2 Å². The lowest BCUT2D eigenvalue weighted by atomic mass is 10.0. The number of hydrogen-bond donors (Lipinski definition) is 1. The minimum absolute atomic E-state index is 0.343.